The molecule has 0 aliphatic heterocycles. The Hall–Kier alpha value is -3.51. The second-order valence-electron chi connectivity index (χ2n) is 5.58. The molecule has 0 spiro atoms. The zero-order chi connectivity index (χ0) is 19.2. The molecule has 0 fully saturated rings. The van der Waals surface area contributed by atoms with Crippen LogP contribution in [0.3, 0.4) is 0 Å². The number of ether oxygens (including phenoxy) is 1. The van der Waals surface area contributed by atoms with Crippen LogP contribution in [0.5, 0.6) is 11.5 Å². The van der Waals surface area contributed by atoms with Crippen LogP contribution in [0.2, 0.25) is 5.02 Å². The minimum atomic E-state index is -0.693. The third kappa shape index (κ3) is 4.99. The maximum atomic E-state index is 12.4. The van der Waals surface area contributed by atoms with Crippen LogP contribution in [0.15, 0.2) is 72.8 Å². The molecule has 0 saturated carbocycles. The number of nitrogens with two attached hydrogens (primary N) is 1. The van der Waals surface area contributed by atoms with E-state index in [0.29, 0.717) is 33.5 Å². The minimum absolute atomic E-state index is 0.317. The molecule has 0 radical (unpaired) electrons. The van der Waals surface area contributed by atoms with Gasteiger partial charge in [-0.15, -0.1) is 0 Å². The largest absolute Gasteiger partial charge is 0.456 e. The summed E-state index contributed by atoms with van der Waals surface area (Å²) in [5.41, 5.74) is 6.51. The number of primary amides is 1. The van der Waals surface area contributed by atoms with Gasteiger partial charge in [0.25, 0.3) is 5.91 Å². The second kappa shape index (κ2) is 8.25. The van der Waals surface area contributed by atoms with Gasteiger partial charge in [-0.3, -0.25) is 4.79 Å². The molecule has 27 heavy (non-hydrogen) atoms. The number of anilines is 2. The Morgan fingerprint density at radius 2 is 1.59 bits per heavy atom. The SMILES string of the molecule is NC(=O)Nc1cccc(C(=O)Nc2ccc(Oc3ccccc3Cl)cc2)c1. The molecule has 0 saturated heterocycles. The number of carbonyl (C=O) groups is 2. The van der Waals surface area contributed by atoms with Crippen LogP contribution in [0.4, 0.5) is 16.2 Å². The van der Waals surface area contributed by atoms with Crippen molar-refractivity contribution in [3.8, 4) is 11.5 Å². The highest BCUT2D eigenvalue weighted by molar-refractivity contribution is 6.32. The Kier molecular flexibility index (Phi) is 5.58. The fourth-order valence-corrected chi connectivity index (χ4v) is 2.52. The van der Waals surface area contributed by atoms with Gasteiger partial charge < -0.3 is 21.1 Å². The van der Waals surface area contributed by atoms with Crippen molar-refractivity contribution in [1.29, 1.82) is 0 Å². The number of hydrogen-bond acceptors (Lipinski definition) is 3. The zero-order valence-corrected chi connectivity index (χ0v) is 14.9. The van der Waals surface area contributed by atoms with Crippen LogP contribution < -0.4 is 21.1 Å². The standard InChI is InChI=1S/C20H16ClN3O3/c21-17-6-1-2-7-18(17)27-16-10-8-14(9-11-16)23-19(25)13-4-3-5-15(12-13)24-20(22)26/h1-12H,(H,23,25)(H3,22,24,26). The summed E-state index contributed by atoms with van der Waals surface area (Å²) in [6.07, 6.45) is 0. The summed E-state index contributed by atoms with van der Waals surface area (Å²) in [5, 5.41) is 5.72. The molecule has 0 bridgehead atoms. The first-order chi connectivity index (χ1) is 13.0. The number of halogens is 1. The quantitative estimate of drug-likeness (QED) is 0.588. The predicted octanol–water partition coefficient (Wildman–Crippen LogP) is 4.88. The first kappa shape index (κ1) is 18.3. The lowest BCUT2D eigenvalue weighted by Gasteiger charge is -2.10. The molecule has 0 aliphatic rings. The molecule has 3 amide bonds. The second-order valence-corrected chi connectivity index (χ2v) is 5.99. The topological polar surface area (TPSA) is 93.5 Å². The molecule has 0 atom stereocenters. The maximum Gasteiger partial charge on any atom is 0.316 e. The highest BCUT2D eigenvalue weighted by Gasteiger charge is 2.08. The van der Waals surface area contributed by atoms with Gasteiger partial charge >= 0.3 is 6.03 Å². The van der Waals surface area contributed by atoms with E-state index in [0.717, 1.165) is 0 Å². The monoisotopic (exact) mass is 381 g/mol. The lowest BCUT2D eigenvalue weighted by molar-refractivity contribution is 0.102. The van der Waals surface area contributed by atoms with E-state index >= 15 is 0 Å². The number of para-hydroxylation sites is 1. The molecule has 3 rings (SSSR count). The molecular weight excluding hydrogens is 366 g/mol. The lowest BCUT2D eigenvalue weighted by atomic mass is 10.2. The third-order valence-electron chi connectivity index (χ3n) is 3.57. The molecule has 0 unspecified atom stereocenters. The van der Waals surface area contributed by atoms with Crippen molar-refractivity contribution < 1.29 is 14.3 Å². The van der Waals surface area contributed by atoms with Crippen LogP contribution in [-0.2, 0) is 0 Å². The van der Waals surface area contributed by atoms with Gasteiger partial charge in [-0.1, -0.05) is 29.8 Å². The molecule has 3 aromatic rings. The Labute approximate surface area is 160 Å². The average Bonchev–Trinajstić information content (AvgIpc) is 2.65. The number of urea groups is 1. The van der Waals surface area contributed by atoms with Gasteiger partial charge in [-0.25, -0.2) is 4.79 Å². The maximum absolute atomic E-state index is 12.4. The summed E-state index contributed by atoms with van der Waals surface area (Å²) < 4.78 is 5.71. The Morgan fingerprint density at radius 3 is 2.30 bits per heavy atom. The van der Waals surface area contributed by atoms with Gasteiger partial charge in [0.05, 0.1) is 5.02 Å². The molecule has 0 heterocycles. The van der Waals surface area contributed by atoms with Crippen molar-refractivity contribution >= 4 is 34.9 Å². The summed E-state index contributed by atoms with van der Waals surface area (Å²) in [7, 11) is 0. The van der Waals surface area contributed by atoms with E-state index < -0.39 is 6.03 Å². The van der Waals surface area contributed by atoms with Gasteiger partial charge in [-0.2, -0.15) is 0 Å². The summed E-state index contributed by atoms with van der Waals surface area (Å²) in [4.78, 5) is 23.3. The van der Waals surface area contributed by atoms with E-state index in [2.05, 4.69) is 10.6 Å². The minimum Gasteiger partial charge on any atom is -0.456 e. The van der Waals surface area contributed by atoms with Crippen molar-refractivity contribution in [3.05, 3.63) is 83.4 Å². The molecular formula is C20H16ClN3O3. The average molecular weight is 382 g/mol. The van der Waals surface area contributed by atoms with E-state index in [1.54, 1.807) is 54.6 Å². The van der Waals surface area contributed by atoms with Crippen molar-refractivity contribution in [3.63, 3.8) is 0 Å². The zero-order valence-electron chi connectivity index (χ0n) is 14.1. The highest BCUT2D eigenvalue weighted by atomic mass is 35.5. The van der Waals surface area contributed by atoms with Crippen LogP contribution in [-0.4, -0.2) is 11.9 Å². The van der Waals surface area contributed by atoms with Gasteiger partial charge in [0, 0.05) is 16.9 Å². The normalized spacial score (nSPS) is 10.1. The highest BCUT2D eigenvalue weighted by Crippen LogP contribution is 2.29. The number of benzene rings is 3. The first-order valence-electron chi connectivity index (χ1n) is 8.01. The molecule has 136 valence electrons. The van der Waals surface area contributed by atoms with Crippen molar-refractivity contribution in [1.82, 2.24) is 0 Å². The van der Waals surface area contributed by atoms with Crippen LogP contribution in [0, 0.1) is 0 Å². The van der Waals surface area contributed by atoms with Crippen LogP contribution in [0.1, 0.15) is 10.4 Å². The summed E-state index contributed by atoms with van der Waals surface area (Å²) in [6.45, 7) is 0. The first-order valence-corrected chi connectivity index (χ1v) is 8.39. The summed E-state index contributed by atoms with van der Waals surface area (Å²) >= 11 is 6.07. The Bertz CT molecular complexity index is 974. The molecule has 4 N–H and O–H groups in total. The fourth-order valence-electron chi connectivity index (χ4n) is 2.34. The molecule has 0 aliphatic carbocycles. The van der Waals surface area contributed by atoms with E-state index in [1.807, 2.05) is 12.1 Å². The van der Waals surface area contributed by atoms with E-state index in [9.17, 15) is 9.59 Å². The number of amides is 3. The molecule has 0 aromatic heterocycles. The van der Waals surface area contributed by atoms with E-state index in [-0.39, 0.29) is 5.91 Å². The number of nitrogens with one attached hydrogen (secondary N) is 2. The van der Waals surface area contributed by atoms with Gasteiger partial charge in [-0.05, 0) is 54.6 Å². The van der Waals surface area contributed by atoms with Crippen molar-refractivity contribution in [2.45, 2.75) is 0 Å². The fraction of sp³-hybridized carbons (Fsp3) is 0. The van der Waals surface area contributed by atoms with Crippen LogP contribution >= 0.6 is 11.6 Å². The Morgan fingerprint density at radius 1 is 0.852 bits per heavy atom. The lowest BCUT2D eigenvalue weighted by Crippen LogP contribution is -2.19. The van der Waals surface area contributed by atoms with Crippen LogP contribution in [0.25, 0.3) is 0 Å². The number of carbonyl (C=O) groups excluding carboxylic acids is 2. The van der Waals surface area contributed by atoms with E-state index in [1.165, 1.54) is 6.07 Å². The molecule has 3 aromatic carbocycles. The number of hydrogen-bond donors (Lipinski definition) is 3. The molecule has 6 nitrogen and oxygen atoms in total. The smallest absolute Gasteiger partial charge is 0.316 e. The predicted molar refractivity (Wildman–Crippen MR) is 106 cm³/mol. The number of rotatable bonds is 5. The van der Waals surface area contributed by atoms with Crippen molar-refractivity contribution in [2.75, 3.05) is 10.6 Å². The third-order valence-corrected chi connectivity index (χ3v) is 3.88. The van der Waals surface area contributed by atoms with Crippen molar-refractivity contribution in [2.24, 2.45) is 5.73 Å². The Balaban J connectivity index is 1.67. The summed E-state index contributed by atoms with van der Waals surface area (Å²) in [6, 6.07) is 19.8. The molecule has 7 heteroatoms. The van der Waals surface area contributed by atoms with Gasteiger partial charge in [0.15, 0.2) is 0 Å². The van der Waals surface area contributed by atoms with Gasteiger partial charge in [0.2, 0.25) is 0 Å². The summed E-state index contributed by atoms with van der Waals surface area (Å²) in [5.74, 6) is 0.825. The van der Waals surface area contributed by atoms with Gasteiger partial charge in [0.1, 0.15) is 11.5 Å². The van der Waals surface area contributed by atoms with E-state index in [4.69, 9.17) is 22.1 Å².